The fourth-order valence-electron chi connectivity index (χ4n) is 4.23. The molecule has 0 aliphatic carbocycles. The van der Waals surface area contributed by atoms with Crippen molar-refractivity contribution in [1.82, 2.24) is 24.0 Å². The van der Waals surface area contributed by atoms with E-state index in [0.29, 0.717) is 16.6 Å². The standard InChI is InChI=1S/C26H22F2N6O4S2/c1-33(20-5-7-23-22(14-20)30-15-39-23)25(35)21(6-4-16-11-18(27)13-19(28)12-16)31-26(36)32-40(37,38)34-10-8-17-3-2-9-29-24(17)34/h2-3,5,7-15,21H,4,6H2,1H3,(H2,31,32,36)/t21-/m0/s1. The number of hydrogen-bond acceptors (Lipinski definition) is 7. The molecule has 0 radical (unpaired) electrons. The molecular weight excluding hydrogens is 562 g/mol. The zero-order valence-electron chi connectivity index (χ0n) is 20.9. The van der Waals surface area contributed by atoms with Gasteiger partial charge in [-0.05, 0) is 66.9 Å². The van der Waals surface area contributed by atoms with E-state index >= 15 is 0 Å². The van der Waals surface area contributed by atoms with E-state index in [1.165, 1.54) is 41.7 Å². The molecule has 40 heavy (non-hydrogen) atoms. The maximum Gasteiger partial charge on any atom is 0.332 e. The fraction of sp³-hybridized carbons (Fsp3) is 0.154. The van der Waals surface area contributed by atoms with Gasteiger partial charge in [-0.25, -0.2) is 32.2 Å². The van der Waals surface area contributed by atoms with Crippen LogP contribution in [0.15, 0.2) is 72.5 Å². The lowest BCUT2D eigenvalue weighted by molar-refractivity contribution is -0.120. The number of amides is 3. The van der Waals surface area contributed by atoms with Gasteiger partial charge in [0, 0.05) is 36.6 Å². The summed E-state index contributed by atoms with van der Waals surface area (Å²) in [5, 5.41) is 2.95. The van der Waals surface area contributed by atoms with Gasteiger partial charge in [0.05, 0.1) is 15.7 Å². The Balaban J connectivity index is 1.37. The number of likely N-dealkylation sites (N-methyl/N-ethyl adjacent to an activating group) is 1. The molecule has 0 saturated heterocycles. The van der Waals surface area contributed by atoms with E-state index < -0.39 is 39.8 Å². The predicted molar refractivity (Wildman–Crippen MR) is 147 cm³/mol. The molecule has 2 N–H and O–H groups in total. The molecule has 0 spiro atoms. The number of nitrogens with one attached hydrogen (secondary N) is 2. The molecule has 10 nitrogen and oxygen atoms in total. The largest absolute Gasteiger partial charge is 0.332 e. The highest BCUT2D eigenvalue weighted by atomic mass is 32.2. The first kappa shape index (κ1) is 27.1. The van der Waals surface area contributed by atoms with Crippen molar-refractivity contribution in [2.24, 2.45) is 0 Å². The van der Waals surface area contributed by atoms with Crippen molar-refractivity contribution in [2.45, 2.75) is 18.9 Å². The zero-order valence-corrected chi connectivity index (χ0v) is 22.5. The van der Waals surface area contributed by atoms with Crippen molar-refractivity contribution >= 4 is 60.4 Å². The number of fused-ring (bicyclic) bond motifs is 2. The van der Waals surface area contributed by atoms with Crippen LogP contribution in [0.4, 0.5) is 19.3 Å². The third kappa shape index (κ3) is 5.77. The molecule has 14 heteroatoms. The lowest BCUT2D eigenvalue weighted by Gasteiger charge is -2.25. The number of carbonyl (C=O) groups excluding carboxylic acids is 2. The molecule has 5 aromatic rings. The molecule has 2 aromatic carbocycles. The number of aromatic nitrogens is 3. The van der Waals surface area contributed by atoms with Gasteiger partial charge >= 0.3 is 16.2 Å². The summed E-state index contributed by atoms with van der Waals surface area (Å²) in [4.78, 5) is 36.0. The van der Waals surface area contributed by atoms with E-state index in [1.54, 1.807) is 35.8 Å². The van der Waals surface area contributed by atoms with E-state index in [4.69, 9.17) is 0 Å². The van der Waals surface area contributed by atoms with Gasteiger partial charge in [-0.15, -0.1) is 11.3 Å². The van der Waals surface area contributed by atoms with Gasteiger partial charge in [0.1, 0.15) is 17.7 Å². The van der Waals surface area contributed by atoms with Crippen LogP contribution >= 0.6 is 11.3 Å². The van der Waals surface area contributed by atoms with Crippen molar-refractivity contribution < 1.29 is 26.8 Å². The molecular formula is C26H22F2N6O4S2. The number of aryl methyl sites for hydroxylation is 1. The highest BCUT2D eigenvalue weighted by molar-refractivity contribution is 7.88. The molecule has 3 aromatic heterocycles. The Labute approximate surface area is 231 Å². The summed E-state index contributed by atoms with van der Waals surface area (Å²) >= 11 is 1.44. The number of pyridine rings is 1. The summed E-state index contributed by atoms with van der Waals surface area (Å²) in [6.45, 7) is 0. The molecule has 5 rings (SSSR count). The molecule has 0 aliphatic heterocycles. The molecule has 1 atom stereocenters. The van der Waals surface area contributed by atoms with Crippen molar-refractivity contribution in [3.8, 4) is 0 Å². The normalized spacial score (nSPS) is 12.4. The van der Waals surface area contributed by atoms with Gasteiger partial charge in [-0.3, -0.25) is 4.79 Å². The zero-order chi connectivity index (χ0) is 28.4. The van der Waals surface area contributed by atoms with E-state index in [9.17, 15) is 26.8 Å². The number of urea groups is 1. The number of nitrogens with zero attached hydrogens (tertiary/aromatic N) is 4. The minimum Gasteiger partial charge on any atom is -0.325 e. The number of benzene rings is 2. The summed E-state index contributed by atoms with van der Waals surface area (Å²) in [7, 11) is -2.92. The molecule has 0 bridgehead atoms. The van der Waals surface area contributed by atoms with Crippen molar-refractivity contribution in [2.75, 3.05) is 11.9 Å². The Kier molecular flexibility index (Phi) is 7.45. The van der Waals surface area contributed by atoms with Gasteiger partial charge in [0.2, 0.25) is 5.91 Å². The highest BCUT2D eigenvalue weighted by Gasteiger charge is 2.28. The van der Waals surface area contributed by atoms with Crippen LogP contribution in [0.2, 0.25) is 0 Å². The van der Waals surface area contributed by atoms with Crippen LogP contribution in [0, 0.1) is 11.6 Å². The van der Waals surface area contributed by atoms with Crippen molar-refractivity contribution in [3.63, 3.8) is 0 Å². The maximum absolute atomic E-state index is 13.7. The second-order valence-electron chi connectivity index (χ2n) is 8.88. The smallest absolute Gasteiger partial charge is 0.325 e. The van der Waals surface area contributed by atoms with Gasteiger partial charge in [0.25, 0.3) is 0 Å². The van der Waals surface area contributed by atoms with Gasteiger partial charge < -0.3 is 10.2 Å². The molecule has 0 unspecified atom stereocenters. The minimum atomic E-state index is -4.42. The van der Waals surface area contributed by atoms with Gasteiger partial charge in [-0.1, -0.05) is 0 Å². The fourth-order valence-corrected chi connectivity index (χ4v) is 5.88. The third-order valence-electron chi connectivity index (χ3n) is 6.18. The Morgan fingerprint density at radius 1 is 1.07 bits per heavy atom. The van der Waals surface area contributed by atoms with Gasteiger partial charge in [-0.2, -0.15) is 8.42 Å². The summed E-state index contributed by atoms with van der Waals surface area (Å²) in [6.07, 6.45) is 2.60. The summed E-state index contributed by atoms with van der Waals surface area (Å²) in [6, 6.07) is 10.6. The average Bonchev–Trinajstić information content (AvgIpc) is 3.56. The molecule has 206 valence electrons. The number of halogens is 2. The average molecular weight is 585 g/mol. The third-order valence-corrected chi connectivity index (χ3v) is 8.24. The number of carbonyl (C=O) groups is 2. The van der Waals surface area contributed by atoms with Crippen LogP contribution in [0.1, 0.15) is 12.0 Å². The number of hydrogen-bond donors (Lipinski definition) is 2. The van der Waals surface area contributed by atoms with Crippen LogP contribution < -0.4 is 14.9 Å². The first-order valence-electron chi connectivity index (χ1n) is 11.9. The topological polar surface area (TPSA) is 126 Å². The van der Waals surface area contributed by atoms with E-state index in [-0.39, 0.29) is 24.1 Å². The molecule has 0 fully saturated rings. The van der Waals surface area contributed by atoms with Crippen LogP contribution in [-0.2, 0) is 21.4 Å². The monoisotopic (exact) mass is 584 g/mol. The molecule has 3 heterocycles. The lowest BCUT2D eigenvalue weighted by atomic mass is 10.0. The Morgan fingerprint density at radius 2 is 1.85 bits per heavy atom. The molecule has 3 amide bonds. The van der Waals surface area contributed by atoms with Crippen LogP contribution in [0.25, 0.3) is 21.3 Å². The Bertz CT molecular complexity index is 1820. The highest BCUT2D eigenvalue weighted by Crippen LogP contribution is 2.24. The van der Waals surface area contributed by atoms with E-state index in [1.807, 2.05) is 4.72 Å². The van der Waals surface area contributed by atoms with E-state index in [0.717, 1.165) is 26.9 Å². The molecule has 0 aliphatic rings. The summed E-state index contributed by atoms with van der Waals surface area (Å²) in [5.74, 6) is -2.14. The summed E-state index contributed by atoms with van der Waals surface area (Å²) < 4.78 is 57.0. The second kappa shape index (κ2) is 11.0. The number of rotatable bonds is 8. The lowest BCUT2D eigenvalue weighted by Crippen LogP contribution is -2.52. The Hall–Kier alpha value is -4.43. The molecule has 0 saturated carbocycles. The number of thiazole rings is 1. The maximum atomic E-state index is 13.7. The quantitative estimate of drug-likeness (QED) is 0.284. The number of anilines is 1. The second-order valence-corrected chi connectivity index (χ2v) is 11.3. The predicted octanol–water partition coefficient (Wildman–Crippen LogP) is 3.98. The SMILES string of the molecule is CN(C(=O)[C@H](CCc1cc(F)cc(F)c1)NC(=O)NS(=O)(=O)n1ccc2cccnc21)c1ccc2scnc2c1. The van der Waals surface area contributed by atoms with Gasteiger partial charge in [0.15, 0.2) is 5.65 Å². The van der Waals surface area contributed by atoms with E-state index in [2.05, 4.69) is 15.3 Å². The van der Waals surface area contributed by atoms with Crippen molar-refractivity contribution in [1.29, 1.82) is 0 Å². The van der Waals surface area contributed by atoms with Crippen LogP contribution in [0.5, 0.6) is 0 Å². The van der Waals surface area contributed by atoms with Crippen LogP contribution in [-0.4, -0.2) is 47.4 Å². The minimum absolute atomic E-state index is 0.0171. The first-order valence-corrected chi connectivity index (χ1v) is 14.2. The van der Waals surface area contributed by atoms with Crippen molar-refractivity contribution in [3.05, 3.63) is 89.7 Å². The Morgan fingerprint density at radius 3 is 2.62 bits per heavy atom. The first-order chi connectivity index (χ1) is 19.1. The van der Waals surface area contributed by atoms with Crippen LogP contribution in [0.3, 0.4) is 0 Å². The summed E-state index contributed by atoms with van der Waals surface area (Å²) in [5.41, 5.74) is 3.22.